The molecule has 3 aromatic heterocycles. The number of nitrogens with two attached hydrogens (primary N) is 1. The minimum atomic E-state index is -1.52. The van der Waals surface area contributed by atoms with E-state index in [0.29, 0.717) is 5.57 Å². The third kappa shape index (κ3) is 6.37. The van der Waals surface area contributed by atoms with Gasteiger partial charge in [0.25, 0.3) is 11.8 Å². The number of carbonyl (C=O) groups is 4. The molecule has 0 aromatic carbocycles. The number of β-lactam (4-membered cyclic amide) rings is 1. The number of pyridine rings is 1. The smallest absolute Gasteiger partial charge is 0.374 e. The van der Waals surface area contributed by atoms with Crippen molar-refractivity contribution in [2.45, 2.75) is 30.9 Å². The molecule has 1 fully saturated rings. The van der Waals surface area contributed by atoms with Crippen LogP contribution in [0.1, 0.15) is 12.1 Å². The van der Waals surface area contributed by atoms with E-state index in [4.69, 9.17) is 27.3 Å². The topological polar surface area (TPSA) is 205 Å². The number of amides is 2. The summed E-state index contributed by atoms with van der Waals surface area (Å²) in [4.78, 5) is 60.1. The molecule has 0 bridgehead atoms. The molecular weight excluding hydrogens is 648 g/mol. The van der Waals surface area contributed by atoms with Gasteiger partial charge in [0.2, 0.25) is 11.3 Å². The number of aromatic nitrogens is 3. The molecule has 2 unspecified atom stereocenters. The van der Waals surface area contributed by atoms with E-state index in [0.717, 1.165) is 46.8 Å². The maximum atomic E-state index is 13.3. The minimum absolute atomic E-state index is 0.00369. The highest BCUT2D eigenvalue weighted by atomic mass is 35.5. The lowest BCUT2D eigenvalue weighted by Crippen LogP contribution is -2.71. The predicted molar refractivity (Wildman–Crippen MR) is 166 cm³/mol. The van der Waals surface area contributed by atoms with Crippen LogP contribution >= 0.6 is 34.7 Å². The maximum Gasteiger partial charge on any atom is 0.374 e. The lowest BCUT2D eigenvalue weighted by atomic mass is 10.0. The van der Waals surface area contributed by atoms with Gasteiger partial charge in [0, 0.05) is 36.2 Å². The van der Waals surface area contributed by atoms with Crippen molar-refractivity contribution in [3.8, 4) is 0 Å². The van der Waals surface area contributed by atoms with Crippen LogP contribution in [0.5, 0.6) is 0 Å². The Morgan fingerprint density at radius 2 is 2.11 bits per heavy atom. The number of oxime groups is 1. The predicted octanol–water partition coefficient (Wildman–Crippen LogP) is 0.988. The highest BCUT2D eigenvalue weighted by Crippen LogP contribution is 2.40. The zero-order valence-corrected chi connectivity index (χ0v) is 26.1. The summed E-state index contributed by atoms with van der Waals surface area (Å²) in [6, 6.07) is 4.76. The largest absolute Gasteiger partial charge is 0.477 e. The van der Waals surface area contributed by atoms with Gasteiger partial charge in [0.15, 0.2) is 23.6 Å². The van der Waals surface area contributed by atoms with Crippen LogP contribution in [-0.4, -0.2) is 84.9 Å². The Kier molecular flexibility index (Phi) is 9.42. The van der Waals surface area contributed by atoms with Crippen molar-refractivity contribution in [1.29, 1.82) is 0 Å². The van der Waals surface area contributed by atoms with E-state index in [9.17, 15) is 24.3 Å². The van der Waals surface area contributed by atoms with Crippen molar-refractivity contribution < 1.29 is 38.8 Å². The van der Waals surface area contributed by atoms with Crippen molar-refractivity contribution in [2.75, 3.05) is 25.1 Å². The number of hydrogen-bond acceptors (Lipinski definition) is 11. The molecule has 2 aliphatic heterocycles. The molecule has 2 aliphatic rings. The lowest BCUT2D eigenvalue weighted by molar-refractivity contribution is -0.663. The third-order valence-electron chi connectivity index (χ3n) is 7.06. The zero-order chi connectivity index (χ0) is 32.4. The van der Waals surface area contributed by atoms with Crippen molar-refractivity contribution in [3.05, 3.63) is 64.2 Å². The molecule has 0 saturated carbocycles. The van der Waals surface area contributed by atoms with Gasteiger partial charge < -0.3 is 36.0 Å². The number of thiazole rings is 1. The molecule has 45 heavy (non-hydrogen) atoms. The van der Waals surface area contributed by atoms with E-state index >= 15 is 0 Å². The van der Waals surface area contributed by atoms with E-state index in [1.54, 1.807) is 0 Å². The van der Waals surface area contributed by atoms with Gasteiger partial charge in [-0.05, 0) is 32.7 Å². The lowest BCUT2D eigenvalue weighted by Gasteiger charge is -2.49. The molecule has 1 saturated heterocycles. The molecule has 5 rings (SSSR count). The maximum absolute atomic E-state index is 13.3. The molecule has 0 radical (unpaired) electrons. The van der Waals surface area contributed by atoms with Crippen molar-refractivity contribution in [1.82, 2.24) is 25.1 Å². The number of anilines is 1. The van der Waals surface area contributed by atoms with Crippen molar-refractivity contribution >= 4 is 80.3 Å². The summed E-state index contributed by atoms with van der Waals surface area (Å²) in [6.45, 7) is 5.13. The van der Waals surface area contributed by atoms with Crippen LogP contribution < -0.4 is 20.9 Å². The SMILES string of the molecule is C=C(ON=C(C(=O)NC1C(=O)N2C(C(=O)O)=C(C[n+]3cccc4c3ccn4CCCNC)CSC12)c1nc(N)sc1Cl)C(=O)O. The number of fused-ring (bicyclic) bond motifs is 2. The van der Waals surface area contributed by atoms with Gasteiger partial charge in [-0.2, -0.15) is 4.57 Å². The molecular formula is C27H28ClN8O7S2+. The highest BCUT2D eigenvalue weighted by molar-refractivity contribution is 8.00. The Labute approximate surface area is 269 Å². The second-order valence-corrected chi connectivity index (χ2v) is 12.7. The number of carboxylic acid groups (broad SMARTS) is 2. The molecule has 18 heteroatoms. The molecule has 236 valence electrons. The molecule has 6 N–H and O–H groups in total. The Morgan fingerprint density at radius 3 is 2.78 bits per heavy atom. The number of nitrogens with one attached hydrogen (secondary N) is 2. The summed E-state index contributed by atoms with van der Waals surface area (Å²) in [5.74, 6) is -4.90. The van der Waals surface area contributed by atoms with Crippen LogP contribution in [0.2, 0.25) is 4.34 Å². The first-order valence-corrected chi connectivity index (χ1v) is 15.7. The number of rotatable bonds is 13. The number of carboxylic acids is 2. The summed E-state index contributed by atoms with van der Waals surface area (Å²) < 4.78 is 4.06. The number of nitrogens with zero attached hydrogens (tertiary/aromatic N) is 5. The van der Waals surface area contributed by atoms with Crippen LogP contribution in [-0.2, 0) is 37.1 Å². The fourth-order valence-corrected chi connectivity index (χ4v) is 7.25. The van der Waals surface area contributed by atoms with Crippen molar-refractivity contribution in [3.63, 3.8) is 0 Å². The molecule has 5 heterocycles. The minimum Gasteiger partial charge on any atom is -0.477 e. The van der Waals surface area contributed by atoms with E-state index in [1.807, 2.05) is 42.2 Å². The summed E-state index contributed by atoms with van der Waals surface area (Å²) in [6.07, 6.45) is 4.80. The Morgan fingerprint density at radius 1 is 1.33 bits per heavy atom. The second-order valence-electron chi connectivity index (χ2n) is 9.92. The Hall–Kier alpha value is -4.45. The van der Waals surface area contributed by atoms with Gasteiger partial charge >= 0.3 is 11.9 Å². The van der Waals surface area contributed by atoms with E-state index in [2.05, 4.69) is 31.9 Å². The molecule has 0 aliphatic carbocycles. The Bertz CT molecular complexity index is 1790. The van der Waals surface area contributed by atoms with Crippen LogP contribution in [0.4, 0.5) is 5.13 Å². The molecule has 0 spiro atoms. The summed E-state index contributed by atoms with van der Waals surface area (Å²) in [5.41, 5.74) is 7.28. The van der Waals surface area contributed by atoms with Crippen LogP contribution in [0.15, 0.2) is 59.4 Å². The summed E-state index contributed by atoms with van der Waals surface area (Å²) >= 11 is 8.29. The number of thioether (sulfide) groups is 1. The number of nitrogen functional groups attached to an aromatic ring is 1. The van der Waals surface area contributed by atoms with Crippen LogP contribution in [0.25, 0.3) is 11.0 Å². The molecule has 3 aromatic rings. The average molecular weight is 676 g/mol. The highest BCUT2D eigenvalue weighted by Gasteiger charge is 2.55. The van der Waals surface area contributed by atoms with Crippen LogP contribution in [0, 0.1) is 0 Å². The average Bonchev–Trinajstić information content (AvgIpc) is 3.57. The fourth-order valence-electron chi connectivity index (χ4n) is 4.99. The standard InChI is InChI=1S/C27H27ClN8O7S2/c1-13(25(39)40)43-33-18(17-21(28)45-27(29)32-17)22(37)31-19-23(38)36-20(26(41)42)14(12-44-24(19)36)11-35-8-3-5-15-16(35)6-10-34(15)9-4-7-30-2/h3,5-6,8,10,19,24,30H,1,4,7,9,11-12H2,2H3,(H4-,29,31,32,37,39,40,41,42)/p+1. The number of aryl methyl sites for hydroxylation is 1. The Balaban J connectivity index is 1.37. The number of hydrogen-bond donors (Lipinski definition) is 5. The van der Waals surface area contributed by atoms with Gasteiger partial charge in [0.05, 0.1) is 0 Å². The monoisotopic (exact) mass is 675 g/mol. The molecule has 15 nitrogen and oxygen atoms in total. The normalized spacial score (nSPS) is 18.0. The van der Waals surface area contributed by atoms with E-state index in [1.165, 1.54) is 11.8 Å². The quantitative estimate of drug-likeness (QED) is 0.0328. The van der Waals surface area contributed by atoms with E-state index < -0.39 is 46.6 Å². The number of halogens is 1. The zero-order valence-electron chi connectivity index (χ0n) is 23.7. The molecule has 2 atom stereocenters. The number of carbonyl (C=O) groups excluding carboxylic acids is 2. The first kappa shape index (κ1) is 32.0. The van der Waals surface area contributed by atoms with Gasteiger partial charge in [-0.15, -0.1) is 11.8 Å². The van der Waals surface area contributed by atoms with Crippen LogP contribution in [0.3, 0.4) is 0 Å². The summed E-state index contributed by atoms with van der Waals surface area (Å²) in [7, 11) is 1.90. The molecule has 2 amide bonds. The van der Waals surface area contributed by atoms with Gasteiger partial charge in [-0.1, -0.05) is 28.1 Å². The second kappa shape index (κ2) is 13.3. The summed E-state index contributed by atoms with van der Waals surface area (Å²) in [5, 5.41) is 27.7. The van der Waals surface area contributed by atoms with E-state index in [-0.39, 0.29) is 33.2 Å². The fraction of sp³-hybridized carbons (Fsp3) is 0.296. The first-order chi connectivity index (χ1) is 21.5. The van der Waals surface area contributed by atoms with Gasteiger partial charge in [-0.3, -0.25) is 14.5 Å². The first-order valence-electron chi connectivity index (χ1n) is 13.4. The van der Waals surface area contributed by atoms with Gasteiger partial charge in [0.1, 0.15) is 32.7 Å². The third-order valence-corrected chi connectivity index (χ3v) is 9.49. The van der Waals surface area contributed by atoms with Crippen molar-refractivity contribution in [2.24, 2.45) is 5.16 Å². The van der Waals surface area contributed by atoms with Gasteiger partial charge in [-0.25, -0.2) is 14.6 Å². The number of aliphatic carboxylic acids is 2.